The number of hydrogen-bond donors (Lipinski definition) is 1. The largest absolute Gasteiger partial charge is 0.384 e. The minimum Gasteiger partial charge on any atom is -0.384 e. The molecule has 1 unspecified atom stereocenters. The SMILES string of the molecule is OC(c1cccc(F)c1)c1ccc(Cl)cc1Br. The zero-order valence-corrected chi connectivity index (χ0v) is 11.0. The molecule has 0 saturated heterocycles. The van der Waals surface area contributed by atoms with Gasteiger partial charge in [0.15, 0.2) is 0 Å². The highest BCUT2D eigenvalue weighted by Crippen LogP contribution is 2.30. The first kappa shape index (κ1) is 12.6. The smallest absolute Gasteiger partial charge is 0.123 e. The lowest BCUT2D eigenvalue weighted by Crippen LogP contribution is -2.01. The topological polar surface area (TPSA) is 20.2 Å². The summed E-state index contributed by atoms with van der Waals surface area (Å²) in [5.41, 5.74) is 1.16. The van der Waals surface area contributed by atoms with Crippen LogP contribution in [-0.4, -0.2) is 5.11 Å². The molecule has 0 aliphatic carbocycles. The number of hydrogen-bond acceptors (Lipinski definition) is 1. The van der Waals surface area contributed by atoms with E-state index in [9.17, 15) is 9.50 Å². The van der Waals surface area contributed by atoms with E-state index in [1.807, 2.05) is 0 Å². The average molecular weight is 316 g/mol. The van der Waals surface area contributed by atoms with Gasteiger partial charge in [-0.3, -0.25) is 0 Å². The molecule has 88 valence electrons. The molecule has 1 N–H and O–H groups in total. The van der Waals surface area contributed by atoms with Crippen LogP contribution in [0, 0.1) is 5.82 Å². The summed E-state index contributed by atoms with van der Waals surface area (Å²) >= 11 is 9.15. The molecule has 0 aliphatic heterocycles. The summed E-state index contributed by atoms with van der Waals surface area (Å²) in [4.78, 5) is 0. The number of rotatable bonds is 2. The number of halogens is 3. The monoisotopic (exact) mass is 314 g/mol. The van der Waals surface area contributed by atoms with Crippen molar-refractivity contribution in [3.05, 3.63) is 68.9 Å². The van der Waals surface area contributed by atoms with Crippen molar-refractivity contribution in [1.82, 2.24) is 0 Å². The third-order valence-corrected chi connectivity index (χ3v) is 3.34. The summed E-state index contributed by atoms with van der Waals surface area (Å²) in [6.07, 6.45) is -0.877. The van der Waals surface area contributed by atoms with E-state index in [0.29, 0.717) is 20.6 Å². The Morgan fingerprint density at radius 2 is 1.94 bits per heavy atom. The van der Waals surface area contributed by atoms with E-state index >= 15 is 0 Å². The fourth-order valence-corrected chi connectivity index (χ4v) is 2.48. The molecule has 4 heteroatoms. The van der Waals surface area contributed by atoms with Gasteiger partial charge in [0.25, 0.3) is 0 Å². The van der Waals surface area contributed by atoms with Crippen LogP contribution < -0.4 is 0 Å². The molecule has 0 bridgehead atoms. The summed E-state index contributed by atoms with van der Waals surface area (Å²) in [7, 11) is 0. The van der Waals surface area contributed by atoms with E-state index in [2.05, 4.69) is 15.9 Å². The molecule has 2 aromatic carbocycles. The van der Waals surface area contributed by atoms with Crippen molar-refractivity contribution < 1.29 is 9.50 Å². The second-order valence-electron chi connectivity index (χ2n) is 3.62. The summed E-state index contributed by atoms with van der Waals surface area (Å²) in [5, 5.41) is 10.7. The molecule has 0 saturated carbocycles. The van der Waals surface area contributed by atoms with Gasteiger partial charge in [-0.1, -0.05) is 45.7 Å². The molecule has 1 atom stereocenters. The molecule has 0 aliphatic rings. The van der Waals surface area contributed by atoms with Gasteiger partial charge in [-0.25, -0.2) is 4.39 Å². The van der Waals surface area contributed by atoms with E-state index in [4.69, 9.17) is 11.6 Å². The summed E-state index contributed by atoms with van der Waals surface area (Å²) in [5.74, 6) is -0.369. The van der Waals surface area contributed by atoms with Crippen molar-refractivity contribution in [2.24, 2.45) is 0 Å². The van der Waals surface area contributed by atoms with E-state index < -0.39 is 6.10 Å². The van der Waals surface area contributed by atoms with Gasteiger partial charge < -0.3 is 5.11 Å². The molecule has 2 aromatic rings. The maximum absolute atomic E-state index is 13.1. The van der Waals surface area contributed by atoms with Crippen LogP contribution in [0.3, 0.4) is 0 Å². The first-order valence-corrected chi connectivity index (χ1v) is 6.13. The minimum atomic E-state index is -0.877. The van der Waals surface area contributed by atoms with Crippen LogP contribution in [-0.2, 0) is 0 Å². The third-order valence-electron chi connectivity index (χ3n) is 2.42. The maximum atomic E-state index is 13.1. The van der Waals surface area contributed by atoms with Gasteiger partial charge in [-0.15, -0.1) is 0 Å². The zero-order chi connectivity index (χ0) is 12.4. The lowest BCUT2D eigenvalue weighted by Gasteiger charge is -2.13. The molecular formula is C13H9BrClFO. The molecule has 0 aromatic heterocycles. The second-order valence-corrected chi connectivity index (χ2v) is 4.91. The Labute approximate surface area is 112 Å². The fourth-order valence-electron chi connectivity index (χ4n) is 1.58. The standard InChI is InChI=1S/C13H9BrClFO/c14-12-7-9(15)4-5-11(12)13(17)8-2-1-3-10(16)6-8/h1-7,13,17H. The molecular weight excluding hydrogens is 306 g/mol. The summed E-state index contributed by atoms with van der Waals surface area (Å²) in [6, 6.07) is 11.0. The lowest BCUT2D eigenvalue weighted by molar-refractivity contribution is 0.219. The lowest BCUT2D eigenvalue weighted by atomic mass is 10.0. The van der Waals surface area contributed by atoms with Crippen LogP contribution in [0.1, 0.15) is 17.2 Å². The molecule has 0 spiro atoms. The number of benzene rings is 2. The second kappa shape index (κ2) is 5.17. The quantitative estimate of drug-likeness (QED) is 0.875. The van der Waals surface area contributed by atoms with Crippen LogP contribution in [0.15, 0.2) is 46.9 Å². The van der Waals surface area contributed by atoms with Gasteiger partial charge in [-0.2, -0.15) is 0 Å². The van der Waals surface area contributed by atoms with E-state index in [1.165, 1.54) is 12.1 Å². The minimum absolute atomic E-state index is 0.369. The Bertz CT molecular complexity index is 545. The highest BCUT2D eigenvalue weighted by atomic mass is 79.9. The van der Waals surface area contributed by atoms with Crippen molar-refractivity contribution in [2.45, 2.75) is 6.10 Å². The van der Waals surface area contributed by atoms with Crippen molar-refractivity contribution in [1.29, 1.82) is 0 Å². The van der Waals surface area contributed by atoms with Crippen molar-refractivity contribution in [2.75, 3.05) is 0 Å². The Morgan fingerprint density at radius 3 is 2.59 bits per heavy atom. The summed E-state index contributed by atoms with van der Waals surface area (Å²) in [6.45, 7) is 0. The van der Waals surface area contributed by atoms with E-state index in [0.717, 1.165) is 0 Å². The van der Waals surface area contributed by atoms with E-state index in [1.54, 1.807) is 30.3 Å². The van der Waals surface area contributed by atoms with Crippen LogP contribution in [0.4, 0.5) is 4.39 Å². The molecule has 2 rings (SSSR count). The van der Waals surface area contributed by atoms with Gasteiger partial charge >= 0.3 is 0 Å². The van der Waals surface area contributed by atoms with Gasteiger partial charge in [0.05, 0.1) is 0 Å². The van der Waals surface area contributed by atoms with Crippen molar-refractivity contribution >= 4 is 27.5 Å². The van der Waals surface area contributed by atoms with Crippen LogP contribution in [0.2, 0.25) is 5.02 Å². The van der Waals surface area contributed by atoms with E-state index in [-0.39, 0.29) is 5.82 Å². The molecule has 0 amide bonds. The zero-order valence-electron chi connectivity index (χ0n) is 8.70. The van der Waals surface area contributed by atoms with Gasteiger partial charge in [-0.05, 0) is 35.4 Å². The first-order chi connectivity index (χ1) is 8.08. The highest BCUT2D eigenvalue weighted by molar-refractivity contribution is 9.10. The molecule has 0 radical (unpaired) electrons. The summed E-state index contributed by atoms with van der Waals surface area (Å²) < 4.78 is 13.8. The first-order valence-electron chi connectivity index (χ1n) is 4.96. The molecule has 1 nitrogen and oxygen atoms in total. The maximum Gasteiger partial charge on any atom is 0.123 e. The fraction of sp³-hybridized carbons (Fsp3) is 0.0769. The van der Waals surface area contributed by atoms with Crippen molar-refractivity contribution in [3.63, 3.8) is 0 Å². The highest BCUT2D eigenvalue weighted by Gasteiger charge is 2.14. The third kappa shape index (κ3) is 2.86. The predicted molar refractivity (Wildman–Crippen MR) is 69.6 cm³/mol. The van der Waals surface area contributed by atoms with Gasteiger partial charge in [0.1, 0.15) is 11.9 Å². The van der Waals surface area contributed by atoms with Crippen LogP contribution >= 0.6 is 27.5 Å². The molecule has 0 fully saturated rings. The molecule has 17 heavy (non-hydrogen) atoms. The number of aliphatic hydroxyl groups excluding tert-OH is 1. The Kier molecular flexibility index (Phi) is 3.82. The van der Waals surface area contributed by atoms with Crippen LogP contribution in [0.25, 0.3) is 0 Å². The van der Waals surface area contributed by atoms with Gasteiger partial charge in [0, 0.05) is 9.50 Å². The van der Waals surface area contributed by atoms with Crippen LogP contribution in [0.5, 0.6) is 0 Å². The molecule has 0 heterocycles. The van der Waals surface area contributed by atoms with Crippen molar-refractivity contribution in [3.8, 4) is 0 Å². The number of aliphatic hydroxyl groups is 1. The predicted octanol–water partition coefficient (Wildman–Crippen LogP) is 4.32. The normalized spacial score (nSPS) is 12.5. The van der Waals surface area contributed by atoms with Gasteiger partial charge in [0.2, 0.25) is 0 Å². The average Bonchev–Trinajstić information content (AvgIpc) is 2.28. The Balaban J connectivity index is 2.40. The Hall–Kier alpha value is -0.900. The Morgan fingerprint density at radius 1 is 1.18 bits per heavy atom.